The molecule has 1 aromatic rings. The van der Waals surface area contributed by atoms with Gasteiger partial charge >= 0.3 is 6.18 Å². The number of hydrogen-bond acceptors (Lipinski definition) is 2. The summed E-state index contributed by atoms with van der Waals surface area (Å²) in [5.41, 5.74) is 5.06. The molecule has 0 radical (unpaired) electrons. The molecule has 1 aromatic carbocycles. The Morgan fingerprint density at radius 2 is 1.94 bits per heavy atom. The molecule has 2 aliphatic rings. The van der Waals surface area contributed by atoms with E-state index in [-0.39, 0.29) is 17.6 Å². The third-order valence-electron chi connectivity index (χ3n) is 4.18. The molecular weight excluding hydrogens is 241 g/mol. The average Bonchev–Trinajstić information content (AvgIpc) is 2.88. The van der Waals surface area contributed by atoms with E-state index in [0.29, 0.717) is 6.42 Å². The van der Waals surface area contributed by atoms with E-state index in [9.17, 15) is 13.2 Å². The summed E-state index contributed by atoms with van der Waals surface area (Å²) in [7, 11) is 0. The zero-order valence-electron chi connectivity index (χ0n) is 9.80. The monoisotopic (exact) mass is 256 g/mol. The molecular formula is C13H15F3N2. The molecule has 0 spiro atoms. The van der Waals surface area contributed by atoms with Crippen LogP contribution in [0.15, 0.2) is 24.3 Å². The Bertz CT molecular complexity index is 472. The standard InChI is InChI=1S/C13H15F3N2/c14-13(15,16)10-4-2-1-3-9(10)12(17)7-8-5-6-11(12)18-8/h1-4,8,11,18H,5-7,17H2. The normalized spacial score (nSPS) is 35.1. The summed E-state index contributed by atoms with van der Waals surface area (Å²) in [6.45, 7) is 0. The number of fused-ring (bicyclic) bond motifs is 2. The fourth-order valence-corrected chi connectivity index (χ4v) is 3.37. The molecule has 0 amide bonds. The average molecular weight is 256 g/mol. The van der Waals surface area contributed by atoms with Crippen molar-refractivity contribution in [3.8, 4) is 0 Å². The molecule has 0 saturated carbocycles. The molecule has 2 saturated heterocycles. The molecule has 2 fully saturated rings. The van der Waals surface area contributed by atoms with E-state index in [4.69, 9.17) is 5.73 Å². The summed E-state index contributed by atoms with van der Waals surface area (Å²) in [6.07, 6.45) is -1.89. The van der Waals surface area contributed by atoms with Gasteiger partial charge in [-0.2, -0.15) is 13.2 Å². The smallest absolute Gasteiger partial charge is 0.320 e. The number of nitrogens with one attached hydrogen (secondary N) is 1. The first-order chi connectivity index (χ1) is 8.41. The maximum absolute atomic E-state index is 13.0. The molecule has 2 nitrogen and oxygen atoms in total. The Morgan fingerprint density at radius 3 is 2.50 bits per heavy atom. The van der Waals surface area contributed by atoms with Gasteiger partial charge in [0, 0.05) is 12.1 Å². The Labute approximate surface area is 103 Å². The fraction of sp³-hybridized carbons (Fsp3) is 0.538. The Hall–Kier alpha value is -1.07. The van der Waals surface area contributed by atoms with Crippen LogP contribution in [0.4, 0.5) is 13.2 Å². The van der Waals surface area contributed by atoms with Crippen LogP contribution in [0.25, 0.3) is 0 Å². The highest BCUT2D eigenvalue weighted by molar-refractivity contribution is 5.39. The first kappa shape index (κ1) is 12.0. The highest BCUT2D eigenvalue weighted by Crippen LogP contribution is 2.45. The van der Waals surface area contributed by atoms with Gasteiger partial charge in [-0.3, -0.25) is 0 Å². The summed E-state index contributed by atoms with van der Waals surface area (Å²) in [5, 5.41) is 3.30. The van der Waals surface area contributed by atoms with Crippen LogP contribution in [0.2, 0.25) is 0 Å². The fourth-order valence-electron chi connectivity index (χ4n) is 3.37. The second-order valence-corrected chi connectivity index (χ2v) is 5.28. The van der Waals surface area contributed by atoms with Crippen molar-refractivity contribution in [3.63, 3.8) is 0 Å². The van der Waals surface area contributed by atoms with E-state index in [2.05, 4.69) is 5.32 Å². The largest absolute Gasteiger partial charge is 0.416 e. The van der Waals surface area contributed by atoms with Crippen molar-refractivity contribution in [2.75, 3.05) is 0 Å². The number of halogens is 3. The van der Waals surface area contributed by atoms with Gasteiger partial charge in [-0.15, -0.1) is 0 Å². The van der Waals surface area contributed by atoms with E-state index in [1.54, 1.807) is 6.07 Å². The molecule has 2 heterocycles. The zero-order chi connectivity index (χ0) is 13.0. The summed E-state index contributed by atoms with van der Waals surface area (Å²) >= 11 is 0. The Morgan fingerprint density at radius 1 is 1.22 bits per heavy atom. The maximum atomic E-state index is 13.0. The van der Waals surface area contributed by atoms with E-state index in [1.807, 2.05) is 0 Å². The van der Waals surface area contributed by atoms with Gasteiger partial charge in [-0.1, -0.05) is 18.2 Å². The maximum Gasteiger partial charge on any atom is 0.416 e. The van der Waals surface area contributed by atoms with E-state index >= 15 is 0 Å². The Kier molecular flexibility index (Phi) is 2.47. The topological polar surface area (TPSA) is 38.0 Å². The van der Waals surface area contributed by atoms with Crippen LogP contribution in [-0.4, -0.2) is 12.1 Å². The van der Waals surface area contributed by atoms with Crippen molar-refractivity contribution in [3.05, 3.63) is 35.4 Å². The second kappa shape index (κ2) is 3.71. The molecule has 3 N–H and O–H groups in total. The molecule has 2 aliphatic heterocycles. The first-order valence-corrected chi connectivity index (χ1v) is 6.13. The molecule has 18 heavy (non-hydrogen) atoms. The molecule has 5 heteroatoms. The predicted molar refractivity (Wildman–Crippen MR) is 61.9 cm³/mol. The lowest BCUT2D eigenvalue weighted by molar-refractivity contribution is -0.138. The van der Waals surface area contributed by atoms with Crippen LogP contribution in [0.5, 0.6) is 0 Å². The van der Waals surface area contributed by atoms with Crippen molar-refractivity contribution in [1.82, 2.24) is 5.32 Å². The van der Waals surface area contributed by atoms with Crippen molar-refractivity contribution in [1.29, 1.82) is 0 Å². The lowest BCUT2D eigenvalue weighted by atomic mass is 9.75. The molecule has 3 rings (SSSR count). The van der Waals surface area contributed by atoms with Crippen molar-refractivity contribution < 1.29 is 13.2 Å². The number of rotatable bonds is 1. The molecule has 0 aromatic heterocycles. The van der Waals surface area contributed by atoms with Gasteiger partial charge in [-0.05, 0) is 30.9 Å². The van der Waals surface area contributed by atoms with Crippen LogP contribution in [-0.2, 0) is 11.7 Å². The van der Waals surface area contributed by atoms with Gasteiger partial charge < -0.3 is 11.1 Å². The number of hydrogen-bond donors (Lipinski definition) is 2. The van der Waals surface area contributed by atoms with E-state index < -0.39 is 17.3 Å². The highest BCUT2D eigenvalue weighted by atomic mass is 19.4. The van der Waals surface area contributed by atoms with Gasteiger partial charge in [0.25, 0.3) is 0 Å². The van der Waals surface area contributed by atoms with E-state index in [0.717, 1.165) is 18.9 Å². The van der Waals surface area contributed by atoms with Crippen LogP contribution >= 0.6 is 0 Å². The van der Waals surface area contributed by atoms with Gasteiger partial charge in [0.1, 0.15) is 0 Å². The van der Waals surface area contributed by atoms with Crippen LogP contribution in [0.1, 0.15) is 30.4 Å². The zero-order valence-corrected chi connectivity index (χ0v) is 9.80. The lowest BCUT2D eigenvalue weighted by Crippen LogP contribution is -2.48. The van der Waals surface area contributed by atoms with Crippen LogP contribution in [0.3, 0.4) is 0 Å². The number of nitrogens with two attached hydrogens (primary N) is 1. The van der Waals surface area contributed by atoms with Gasteiger partial charge in [0.2, 0.25) is 0 Å². The summed E-state index contributed by atoms with van der Waals surface area (Å²) in [5.74, 6) is 0. The minimum atomic E-state index is -4.34. The van der Waals surface area contributed by atoms with Gasteiger partial charge in [0.15, 0.2) is 0 Å². The SMILES string of the molecule is NC1(c2ccccc2C(F)(F)F)CC2CCC1N2. The van der Waals surface area contributed by atoms with Crippen LogP contribution in [0, 0.1) is 0 Å². The van der Waals surface area contributed by atoms with Crippen LogP contribution < -0.4 is 11.1 Å². The molecule has 0 aliphatic carbocycles. The number of benzene rings is 1. The lowest BCUT2D eigenvalue weighted by Gasteiger charge is -2.35. The molecule has 3 unspecified atom stereocenters. The van der Waals surface area contributed by atoms with Gasteiger partial charge in [0.05, 0.1) is 11.1 Å². The van der Waals surface area contributed by atoms with E-state index in [1.165, 1.54) is 12.1 Å². The third kappa shape index (κ3) is 1.65. The summed E-state index contributed by atoms with van der Waals surface area (Å²) in [4.78, 5) is 0. The molecule has 98 valence electrons. The third-order valence-corrected chi connectivity index (χ3v) is 4.18. The summed E-state index contributed by atoms with van der Waals surface area (Å²) in [6, 6.07) is 5.91. The molecule has 2 bridgehead atoms. The van der Waals surface area contributed by atoms with Crippen molar-refractivity contribution in [2.45, 2.75) is 43.1 Å². The highest BCUT2D eigenvalue weighted by Gasteiger charge is 2.52. The minimum absolute atomic E-state index is 0.0361. The quantitative estimate of drug-likeness (QED) is 0.809. The first-order valence-electron chi connectivity index (χ1n) is 6.13. The predicted octanol–water partition coefficient (Wildman–Crippen LogP) is 2.38. The Balaban J connectivity index is 2.07. The summed E-state index contributed by atoms with van der Waals surface area (Å²) < 4.78 is 39.1. The minimum Gasteiger partial charge on any atom is -0.320 e. The van der Waals surface area contributed by atoms with Crippen molar-refractivity contribution in [2.24, 2.45) is 5.73 Å². The van der Waals surface area contributed by atoms with Gasteiger partial charge in [-0.25, -0.2) is 0 Å². The van der Waals surface area contributed by atoms with Crippen molar-refractivity contribution >= 4 is 0 Å². The second-order valence-electron chi connectivity index (χ2n) is 5.28. The molecule has 3 atom stereocenters. The number of alkyl halides is 3.